The molecule has 1 unspecified atom stereocenters. The van der Waals surface area contributed by atoms with E-state index in [1.807, 2.05) is 24.3 Å². The molecule has 3 N–H and O–H groups in total. The second-order valence-corrected chi connectivity index (χ2v) is 5.83. The third-order valence-corrected chi connectivity index (χ3v) is 4.27. The summed E-state index contributed by atoms with van der Waals surface area (Å²) in [6, 6.07) is 13.8. The van der Waals surface area contributed by atoms with E-state index in [1.165, 1.54) is 16.0 Å². The van der Waals surface area contributed by atoms with Crippen molar-refractivity contribution in [2.24, 2.45) is 0 Å². The van der Waals surface area contributed by atoms with Gasteiger partial charge in [0.25, 0.3) is 0 Å². The molecule has 0 amide bonds. The zero-order chi connectivity index (χ0) is 13.8. The number of hydrogen-bond donors (Lipinski definition) is 2. The maximum absolute atomic E-state index is 10.2. The first kappa shape index (κ1) is 14.0. The Balaban J connectivity index is 2.04. The molecular formula is C16H19NOS. The summed E-state index contributed by atoms with van der Waals surface area (Å²) in [4.78, 5) is 1.22. The van der Waals surface area contributed by atoms with E-state index in [9.17, 15) is 5.11 Å². The van der Waals surface area contributed by atoms with Crippen LogP contribution in [0.2, 0.25) is 0 Å². The lowest BCUT2D eigenvalue weighted by atomic mass is 10.1. The second kappa shape index (κ2) is 6.13. The van der Waals surface area contributed by atoms with E-state index in [2.05, 4.69) is 32.0 Å². The first-order chi connectivity index (χ1) is 9.06. The maximum atomic E-state index is 10.2. The Labute approximate surface area is 118 Å². The zero-order valence-electron chi connectivity index (χ0n) is 11.3. The largest absolute Gasteiger partial charge is 0.399 e. The van der Waals surface area contributed by atoms with E-state index in [-0.39, 0.29) is 0 Å². The molecule has 2 rings (SSSR count). The Morgan fingerprint density at radius 1 is 1.16 bits per heavy atom. The molecule has 0 fully saturated rings. The third-order valence-electron chi connectivity index (χ3n) is 3.04. The van der Waals surface area contributed by atoms with Crippen LogP contribution in [0.3, 0.4) is 0 Å². The molecule has 0 aliphatic heterocycles. The maximum Gasteiger partial charge on any atom is 0.0884 e. The fraction of sp³-hybridized carbons (Fsp3) is 0.250. The van der Waals surface area contributed by atoms with Gasteiger partial charge in [0.15, 0.2) is 0 Å². The zero-order valence-corrected chi connectivity index (χ0v) is 12.1. The van der Waals surface area contributed by atoms with Gasteiger partial charge in [0.1, 0.15) is 0 Å². The van der Waals surface area contributed by atoms with Crippen molar-refractivity contribution in [3.8, 4) is 0 Å². The molecule has 2 nitrogen and oxygen atoms in total. The molecular weight excluding hydrogens is 254 g/mol. The lowest BCUT2D eigenvalue weighted by Gasteiger charge is -2.12. The summed E-state index contributed by atoms with van der Waals surface area (Å²) in [5, 5.41) is 10.2. The van der Waals surface area contributed by atoms with Gasteiger partial charge in [-0.3, -0.25) is 0 Å². The quantitative estimate of drug-likeness (QED) is 0.659. The predicted octanol–water partition coefficient (Wildman–Crippen LogP) is 3.71. The number of aryl methyl sites for hydroxylation is 2. The number of nitrogens with two attached hydrogens (primary N) is 1. The number of aliphatic hydroxyl groups is 1. The molecule has 1 atom stereocenters. The third kappa shape index (κ3) is 3.75. The number of rotatable bonds is 4. The summed E-state index contributed by atoms with van der Waals surface area (Å²) in [5.74, 6) is 0.633. The van der Waals surface area contributed by atoms with Crippen molar-refractivity contribution in [3.05, 3.63) is 59.2 Å². The molecule has 0 heterocycles. The van der Waals surface area contributed by atoms with Gasteiger partial charge in [-0.2, -0.15) is 0 Å². The van der Waals surface area contributed by atoms with Crippen molar-refractivity contribution in [1.82, 2.24) is 0 Å². The molecule has 0 saturated carbocycles. The van der Waals surface area contributed by atoms with Crippen LogP contribution in [-0.4, -0.2) is 10.9 Å². The normalized spacial score (nSPS) is 12.4. The fourth-order valence-corrected chi connectivity index (χ4v) is 2.99. The van der Waals surface area contributed by atoms with Crippen LogP contribution in [0.5, 0.6) is 0 Å². The van der Waals surface area contributed by atoms with Gasteiger partial charge < -0.3 is 10.8 Å². The van der Waals surface area contributed by atoms with E-state index in [4.69, 9.17) is 5.73 Å². The van der Waals surface area contributed by atoms with Crippen LogP contribution in [0.25, 0.3) is 0 Å². The Kier molecular flexibility index (Phi) is 4.51. The number of thioether (sulfide) groups is 1. The summed E-state index contributed by atoms with van der Waals surface area (Å²) in [6.07, 6.45) is -0.492. The summed E-state index contributed by atoms with van der Waals surface area (Å²) < 4.78 is 0. The predicted molar refractivity (Wildman–Crippen MR) is 82.5 cm³/mol. The van der Waals surface area contributed by atoms with Crippen molar-refractivity contribution in [2.45, 2.75) is 24.8 Å². The molecule has 2 aromatic carbocycles. The Hall–Kier alpha value is -1.45. The number of hydrogen-bond acceptors (Lipinski definition) is 3. The lowest BCUT2D eigenvalue weighted by molar-refractivity contribution is 0.204. The van der Waals surface area contributed by atoms with E-state index in [1.54, 1.807) is 11.8 Å². The fourth-order valence-electron chi connectivity index (χ4n) is 1.89. The molecule has 100 valence electrons. The van der Waals surface area contributed by atoms with Gasteiger partial charge in [-0.15, -0.1) is 11.8 Å². The Morgan fingerprint density at radius 3 is 2.68 bits per heavy atom. The highest BCUT2D eigenvalue weighted by Crippen LogP contribution is 2.28. The van der Waals surface area contributed by atoms with Gasteiger partial charge in [0.2, 0.25) is 0 Å². The minimum absolute atomic E-state index is 0.492. The highest BCUT2D eigenvalue weighted by molar-refractivity contribution is 7.99. The Morgan fingerprint density at radius 2 is 1.95 bits per heavy atom. The van der Waals surface area contributed by atoms with E-state index < -0.39 is 6.10 Å². The first-order valence-electron chi connectivity index (χ1n) is 6.30. The SMILES string of the molecule is Cc1ccc(C)c(SCC(O)c2cccc(N)c2)c1. The molecule has 0 aliphatic rings. The van der Waals surface area contributed by atoms with E-state index >= 15 is 0 Å². The number of aliphatic hydroxyl groups excluding tert-OH is 1. The van der Waals surface area contributed by atoms with E-state index in [0.717, 1.165) is 5.56 Å². The monoisotopic (exact) mass is 273 g/mol. The Bertz CT molecular complexity index is 568. The average Bonchev–Trinajstić information content (AvgIpc) is 2.39. The molecule has 2 aromatic rings. The van der Waals surface area contributed by atoms with Gasteiger partial charge >= 0.3 is 0 Å². The minimum Gasteiger partial charge on any atom is -0.399 e. The molecule has 0 spiro atoms. The molecule has 0 bridgehead atoms. The molecule has 3 heteroatoms. The van der Waals surface area contributed by atoms with Crippen LogP contribution in [0, 0.1) is 13.8 Å². The number of benzene rings is 2. The minimum atomic E-state index is -0.492. The van der Waals surface area contributed by atoms with E-state index in [0.29, 0.717) is 11.4 Å². The van der Waals surface area contributed by atoms with Gasteiger partial charge in [-0.05, 0) is 43.2 Å². The molecule has 19 heavy (non-hydrogen) atoms. The van der Waals surface area contributed by atoms with Crippen molar-refractivity contribution in [3.63, 3.8) is 0 Å². The lowest BCUT2D eigenvalue weighted by Crippen LogP contribution is -2.01. The molecule has 0 radical (unpaired) electrons. The summed E-state index contributed by atoms with van der Waals surface area (Å²) in [6.45, 7) is 4.17. The number of nitrogen functional groups attached to an aromatic ring is 1. The topological polar surface area (TPSA) is 46.2 Å². The second-order valence-electron chi connectivity index (χ2n) is 4.77. The van der Waals surface area contributed by atoms with Crippen molar-refractivity contribution >= 4 is 17.4 Å². The number of anilines is 1. The summed E-state index contributed by atoms with van der Waals surface area (Å²) in [5.41, 5.74) is 9.78. The van der Waals surface area contributed by atoms with Crippen LogP contribution in [0.15, 0.2) is 47.4 Å². The van der Waals surface area contributed by atoms with Crippen molar-refractivity contribution in [1.29, 1.82) is 0 Å². The average molecular weight is 273 g/mol. The molecule has 0 aromatic heterocycles. The van der Waals surface area contributed by atoms with Crippen LogP contribution >= 0.6 is 11.8 Å². The standard InChI is InChI=1S/C16H19NOS/c1-11-6-7-12(2)16(8-11)19-10-15(18)13-4-3-5-14(17)9-13/h3-9,15,18H,10,17H2,1-2H3. The first-order valence-corrected chi connectivity index (χ1v) is 7.28. The van der Waals surface area contributed by atoms with Crippen LogP contribution in [-0.2, 0) is 0 Å². The van der Waals surface area contributed by atoms with Crippen LogP contribution < -0.4 is 5.73 Å². The highest BCUT2D eigenvalue weighted by Gasteiger charge is 2.09. The highest BCUT2D eigenvalue weighted by atomic mass is 32.2. The molecule has 0 saturated heterocycles. The summed E-state index contributed by atoms with van der Waals surface area (Å²) >= 11 is 1.68. The van der Waals surface area contributed by atoms with Gasteiger partial charge in [-0.1, -0.05) is 29.8 Å². The van der Waals surface area contributed by atoms with Gasteiger partial charge in [-0.25, -0.2) is 0 Å². The summed E-state index contributed by atoms with van der Waals surface area (Å²) in [7, 11) is 0. The smallest absolute Gasteiger partial charge is 0.0884 e. The van der Waals surface area contributed by atoms with Crippen LogP contribution in [0.1, 0.15) is 22.8 Å². The van der Waals surface area contributed by atoms with Gasteiger partial charge in [0.05, 0.1) is 6.10 Å². The van der Waals surface area contributed by atoms with Crippen LogP contribution in [0.4, 0.5) is 5.69 Å². The van der Waals surface area contributed by atoms with Crippen molar-refractivity contribution < 1.29 is 5.11 Å². The van der Waals surface area contributed by atoms with Gasteiger partial charge in [0, 0.05) is 16.3 Å². The molecule has 0 aliphatic carbocycles. The van der Waals surface area contributed by atoms with Crippen molar-refractivity contribution in [2.75, 3.05) is 11.5 Å².